The van der Waals surface area contributed by atoms with Crippen molar-refractivity contribution in [1.29, 1.82) is 0 Å². The molecule has 8 nitrogen and oxygen atoms in total. The number of nitrogens with one attached hydrogen (secondary N) is 1. The van der Waals surface area contributed by atoms with Crippen molar-refractivity contribution in [2.45, 2.75) is 38.3 Å². The summed E-state index contributed by atoms with van der Waals surface area (Å²) >= 11 is 0. The first kappa shape index (κ1) is 27.0. The third kappa shape index (κ3) is 5.93. The van der Waals surface area contributed by atoms with E-state index in [1.165, 1.54) is 15.8 Å². The Morgan fingerprint density at radius 2 is 1.37 bits per heavy atom. The van der Waals surface area contributed by atoms with Crippen LogP contribution in [-0.4, -0.2) is 52.3 Å². The predicted molar refractivity (Wildman–Crippen MR) is 146 cm³/mol. The zero-order valence-corrected chi connectivity index (χ0v) is 22.5. The molecule has 1 N–H and O–H groups in total. The Morgan fingerprint density at radius 3 is 1.87 bits per heavy atom. The highest BCUT2D eigenvalue weighted by Crippen LogP contribution is 2.29. The quantitative estimate of drug-likeness (QED) is 0.245. The van der Waals surface area contributed by atoms with Crippen molar-refractivity contribution >= 4 is 37.8 Å². The van der Waals surface area contributed by atoms with E-state index in [2.05, 4.69) is 5.32 Å². The van der Waals surface area contributed by atoms with Gasteiger partial charge in [0.25, 0.3) is 11.8 Å². The van der Waals surface area contributed by atoms with Gasteiger partial charge in [-0.3, -0.25) is 19.3 Å². The van der Waals surface area contributed by atoms with Crippen LogP contribution in [0.4, 0.5) is 0 Å². The summed E-state index contributed by atoms with van der Waals surface area (Å²) in [6, 6.07) is 25.9. The normalized spacial score (nSPS) is 17.4. The van der Waals surface area contributed by atoms with Crippen LogP contribution in [0.5, 0.6) is 0 Å². The van der Waals surface area contributed by atoms with E-state index >= 15 is 0 Å². The highest BCUT2D eigenvalue weighted by atomic mass is 31.0. The standard InChI is InChI=1S/C29H29N2O6P/c1-18(32)19(2)36-27-23(30-25(33)22-16-10-5-11-17-22)26(34)31(27)28(38)29(35)37-24(20-12-6-3-7-13-20)21-14-8-4-9-15-21/h3-17,19,23-24,27H,1-2,38H3,(H,30,33)/t19-,23+,27-/m1/s1. The summed E-state index contributed by atoms with van der Waals surface area (Å²) in [6.07, 6.45) is -2.62. The van der Waals surface area contributed by atoms with E-state index in [1.54, 1.807) is 37.3 Å². The minimum atomic E-state index is -1.07. The van der Waals surface area contributed by atoms with Gasteiger partial charge in [0.15, 0.2) is 24.2 Å². The van der Waals surface area contributed by atoms with Crippen LogP contribution in [-0.2, 0) is 23.9 Å². The van der Waals surface area contributed by atoms with Gasteiger partial charge in [-0.15, -0.1) is 8.86 Å². The molecule has 196 valence electrons. The summed E-state index contributed by atoms with van der Waals surface area (Å²) in [5, 5.41) is 2.66. The molecular weight excluding hydrogens is 503 g/mol. The molecule has 1 heterocycles. The van der Waals surface area contributed by atoms with Crippen LogP contribution in [0.3, 0.4) is 0 Å². The van der Waals surface area contributed by atoms with Crippen LogP contribution in [0.15, 0.2) is 91.0 Å². The second-order valence-electron chi connectivity index (χ2n) is 8.86. The Balaban J connectivity index is 1.55. The number of β-lactam (4-membered cyclic amide) rings is 1. The molecule has 1 aliphatic heterocycles. The first-order chi connectivity index (χ1) is 18.3. The highest BCUT2D eigenvalue weighted by Gasteiger charge is 2.53. The molecule has 38 heavy (non-hydrogen) atoms. The Labute approximate surface area is 222 Å². The molecule has 1 fully saturated rings. The number of amides is 2. The number of likely N-dealkylation sites (tertiary alicyclic amines) is 1. The lowest BCUT2D eigenvalue weighted by Gasteiger charge is -2.47. The van der Waals surface area contributed by atoms with Gasteiger partial charge in [-0.25, -0.2) is 4.79 Å². The van der Waals surface area contributed by atoms with Gasteiger partial charge in [-0.1, -0.05) is 78.9 Å². The summed E-state index contributed by atoms with van der Waals surface area (Å²) in [5.74, 6) is -1.98. The predicted octanol–water partition coefficient (Wildman–Crippen LogP) is 3.02. The Hall–Kier alpha value is -4.00. The third-order valence-electron chi connectivity index (χ3n) is 6.24. The minimum absolute atomic E-state index is 0.0119. The molecule has 4 atom stereocenters. The highest BCUT2D eigenvalue weighted by molar-refractivity contribution is 7.25. The van der Waals surface area contributed by atoms with Crippen LogP contribution in [0, 0.1) is 0 Å². The lowest BCUT2D eigenvalue weighted by molar-refractivity contribution is -0.180. The number of esters is 1. The largest absolute Gasteiger partial charge is 0.448 e. The molecule has 3 aromatic rings. The maximum atomic E-state index is 13.3. The first-order valence-corrected chi connectivity index (χ1v) is 12.8. The van der Waals surface area contributed by atoms with Crippen LogP contribution in [0.2, 0.25) is 0 Å². The Kier molecular flexibility index (Phi) is 8.56. The smallest absolute Gasteiger partial charge is 0.355 e. The lowest BCUT2D eigenvalue weighted by Crippen LogP contribution is -2.74. The van der Waals surface area contributed by atoms with E-state index in [9.17, 15) is 19.2 Å². The second-order valence-corrected chi connectivity index (χ2v) is 9.53. The molecule has 0 bridgehead atoms. The molecule has 0 aliphatic carbocycles. The SMILES string of the molecule is CC(=O)[C@@H](C)O[C@@H]1[C@@H](NC(=O)c2ccccc2)C(=O)N1C(=[PH3])C(=O)OC(c1ccccc1)c1ccccc1. The van der Waals surface area contributed by atoms with Gasteiger partial charge in [0.1, 0.15) is 11.5 Å². The zero-order valence-electron chi connectivity index (χ0n) is 21.1. The maximum Gasteiger partial charge on any atom is 0.355 e. The van der Waals surface area contributed by atoms with Crippen molar-refractivity contribution in [2.75, 3.05) is 0 Å². The number of hydrogen-bond acceptors (Lipinski definition) is 6. The molecular formula is C29H29N2O6P. The van der Waals surface area contributed by atoms with Gasteiger partial charge >= 0.3 is 5.97 Å². The maximum absolute atomic E-state index is 13.3. The van der Waals surface area contributed by atoms with Crippen molar-refractivity contribution < 1.29 is 28.7 Å². The topological polar surface area (TPSA) is 102 Å². The van der Waals surface area contributed by atoms with Gasteiger partial charge in [0.2, 0.25) is 0 Å². The van der Waals surface area contributed by atoms with E-state index < -0.39 is 42.3 Å². The molecule has 9 heteroatoms. The summed E-state index contributed by atoms with van der Waals surface area (Å²) in [7, 11) is 1.20. The summed E-state index contributed by atoms with van der Waals surface area (Å²) in [5.41, 5.74) is 1.92. The molecule has 3 aromatic carbocycles. The van der Waals surface area contributed by atoms with Crippen molar-refractivity contribution in [2.24, 2.45) is 0 Å². The molecule has 0 spiro atoms. The number of benzene rings is 3. The Morgan fingerprint density at radius 1 is 0.868 bits per heavy atom. The monoisotopic (exact) mass is 532 g/mol. The average Bonchev–Trinajstić information content (AvgIpc) is 2.95. The summed E-state index contributed by atoms with van der Waals surface area (Å²) in [6.45, 7) is 2.92. The van der Waals surface area contributed by atoms with Crippen LogP contribution in [0.25, 0.3) is 0 Å². The van der Waals surface area contributed by atoms with Gasteiger partial charge < -0.3 is 14.8 Å². The van der Waals surface area contributed by atoms with E-state index in [4.69, 9.17) is 9.47 Å². The van der Waals surface area contributed by atoms with Crippen LogP contribution in [0.1, 0.15) is 41.4 Å². The minimum Gasteiger partial charge on any atom is -0.448 e. The van der Waals surface area contributed by atoms with Gasteiger partial charge in [-0.05, 0) is 37.1 Å². The van der Waals surface area contributed by atoms with Crippen molar-refractivity contribution in [3.63, 3.8) is 0 Å². The lowest BCUT2D eigenvalue weighted by atomic mass is 10.0. The fourth-order valence-electron chi connectivity index (χ4n) is 4.00. The molecule has 2 amide bonds. The van der Waals surface area contributed by atoms with Crippen LogP contribution < -0.4 is 5.32 Å². The average molecular weight is 533 g/mol. The van der Waals surface area contributed by atoms with Gasteiger partial charge in [0, 0.05) is 5.56 Å². The van der Waals surface area contributed by atoms with Crippen LogP contribution >= 0.6 is 8.86 Å². The molecule has 1 aliphatic rings. The van der Waals surface area contributed by atoms with Crippen molar-refractivity contribution in [3.05, 3.63) is 108 Å². The summed E-state index contributed by atoms with van der Waals surface area (Å²) < 4.78 is 11.7. The zero-order chi connectivity index (χ0) is 27.2. The number of rotatable bonds is 10. The number of ether oxygens (including phenoxy) is 2. The number of carbonyl (C=O) groups excluding carboxylic acids is 4. The van der Waals surface area contributed by atoms with Gasteiger partial charge in [-0.2, -0.15) is 0 Å². The van der Waals surface area contributed by atoms with E-state index in [1.807, 2.05) is 60.7 Å². The fourth-order valence-corrected chi connectivity index (χ4v) is 4.42. The van der Waals surface area contributed by atoms with E-state index in [-0.39, 0.29) is 11.2 Å². The summed E-state index contributed by atoms with van der Waals surface area (Å²) in [4.78, 5) is 52.3. The molecule has 4 rings (SSSR count). The fraction of sp³-hybridized carbons (Fsp3) is 0.207. The Bertz CT molecular complexity index is 1290. The number of nitrogens with zero attached hydrogens (tertiary/aromatic N) is 1. The van der Waals surface area contributed by atoms with E-state index in [0.717, 1.165) is 16.0 Å². The first-order valence-electron chi connectivity index (χ1n) is 12.1. The molecule has 1 saturated heterocycles. The number of ketones is 1. The molecule has 0 saturated carbocycles. The molecule has 0 aromatic heterocycles. The van der Waals surface area contributed by atoms with Gasteiger partial charge in [0.05, 0.1) is 0 Å². The van der Waals surface area contributed by atoms with Crippen molar-refractivity contribution in [3.8, 4) is 0 Å². The third-order valence-corrected chi connectivity index (χ3v) is 6.87. The number of hydrogen-bond donors (Lipinski definition) is 1. The molecule has 1 unspecified atom stereocenters. The van der Waals surface area contributed by atoms with E-state index in [0.29, 0.717) is 5.56 Å². The second kappa shape index (κ2) is 12.0. The number of carbonyl (C=O) groups is 4. The number of Topliss-reactive ketones (excluding diaryl/α,β-unsaturated/α-hetero) is 1. The van der Waals surface area contributed by atoms with Crippen molar-refractivity contribution in [1.82, 2.24) is 10.2 Å². The molecule has 0 radical (unpaired) electrons.